The molecule has 0 unspecified atom stereocenters. The lowest BCUT2D eigenvalue weighted by atomic mass is 10.2. The highest BCUT2D eigenvalue weighted by atomic mass is 32.2. The van der Waals surface area contributed by atoms with E-state index in [1.54, 1.807) is 11.8 Å². The Labute approximate surface area is 129 Å². The van der Waals surface area contributed by atoms with E-state index in [2.05, 4.69) is 5.32 Å². The number of carboxylic acids is 1. The fraction of sp³-hybridized carbons (Fsp3) is 0.467. The summed E-state index contributed by atoms with van der Waals surface area (Å²) in [7, 11) is 0. The summed E-state index contributed by atoms with van der Waals surface area (Å²) in [5, 5.41) is 11.4. The van der Waals surface area contributed by atoms with E-state index in [1.807, 2.05) is 31.2 Å². The van der Waals surface area contributed by atoms with Gasteiger partial charge in [-0.3, -0.25) is 9.59 Å². The third-order valence-electron chi connectivity index (χ3n) is 2.62. The number of carboxylic acid groups (broad SMARTS) is 1. The van der Waals surface area contributed by atoms with E-state index in [4.69, 9.17) is 9.84 Å². The van der Waals surface area contributed by atoms with Gasteiger partial charge in [-0.15, -0.1) is 0 Å². The van der Waals surface area contributed by atoms with Crippen LogP contribution in [-0.2, 0) is 20.1 Å². The molecule has 1 aromatic rings. The molecule has 1 rings (SSSR count). The standard InChI is InChI=1S/C15H21NO4S/c1-2-20-8-6-14(17)16-13-5-3-4-12(10-13)11-21-9-7-15(18)19/h3-5,10H,2,6-9,11H2,1H3,(H,16,17)(H,18,19). The number of hydrogen-bond acceptors (Lipinski definition) is 4. The van der Waals surface area contributed by atoms with Crippen molar-refractivity contribution in [3.8, 4) is 0 Å². The summed E-state index contributed by atoms with van der Waals surface area (Å²) >= 11 is 1.57. The fourth-order valence-electron chi connectivity index (χ4n) is 1.62. The van der Waals surface area contributed by atoms with Gasteiger partial charge in [0.25, 0.3) is 0 Å². The number of hydrogen-bond donors (Lipinski definition) is 2. The van der Waals surface area contributed by atoms with Gasteiger partial charge >= 0.3 is 5.97 Å². The van der Waals surface area contributed by atoms with E-state index in [0.717, 1.165) is 17.0 Å². The number of benzene rings is 1. The Bertz CT molecular complexity index is 465. The second-order valence-corrected chi connectivity index (χ2v) is 5.50. The number of ether oxygens (including phenoxy) is 1. The fourth-order valence-corrected chi connectivity index (χ4v) is 2.50. The molecule has 0 atom stereocenters. The number of carbonyl (C=O) groups excluding carboxylic acids is 1. The van der Waals surface area contributed by atoms with Crippen molar-refractivity contribution in [2.75, 3.05) is 24.3 Å². The topological polar surface area (TPSA) is 75.6 Å². The summed E-state index contributed by atoms with van der Waals surface area (Å²) in [4.78, 5) is 22.1. The normalized spacial score (nSPS) is 10.3. The summed E-state index contributed by atoms with van der Waals surface area (Å²) in [6.45, 7) is 2.92. The molecule has 2 N–H and O–H groups in total. The SMILES string of the molecule is CCOCCC(=O)Nc1cccc(CSCCC(=O)O)c1. The lowest BCUT2D eigenvalue weighted by Gasteiger charge is -2.07. The van der Waals surface area contributed by atoms with Crippen LogP contribution < -0.4 is 5.32 Å². The minimum atomic E-state index is -0.780. The molecule has 0 heterocycles. The van der Waals surface area contributed by atoms with Gasteiger partial charge < -0.3 is 15.2 Å². The number of thioether (sulfide) groups is 1. The van der Waals surface area contributed by atoms with E-state index >= 15 is 0 Å². The van der Waals surface area contributed by atoms with Gasteiger partial charge in [0, 0.05) is 23.8 Å². The molecule has 0 aliphatic heterocycles. The molecular formula is C15H21NO4S. The summed E-state index contributed by atoms with van der Waals surface area (Å²) in [6, 6.07) is 7.59. The summed E-state index contributed by atoms with van der Waals surface area (Å²) < 4.78 is 5.14. The maximum atomic E-state index is 11.7. The maximum absolute atomic E-state index is 11.7. The molecular weight excluding hydrogens is 290 g/mol. The van der Waals surface area contributed by atoms with Crippen molar-refractivity contribution in [1.82, 2.24) is 0 Å². The van der Waals surface area contributed by atoms with Crippen LogP contribution in [0.3, 0.4) is 0 Å². The van der Waals surface area contributed by atoms with Gasteiger partial charge in [-0.25, -0.2) is 0 Å². The zero-order chi connectivity index (χ0) is 15.5. The van der Waals surface area contributed by atoms with Crippen molar-refractivity contribution in [2.24, 2.45) is 0 Å². The van der Waals surface area contributed by atoms with Crippen molar-refractivity contribution in [1.29, 1.82) is 0 Å². The third-order valence-corrected chi connectivity index (χ3v) is 3.65. The first-order valence-corrected chi connectivity index (χ1v) is 8.03. The van der Waals surface area contributed by atoms with Gasteiger partial charge in [0.1, 0.15) is 0 Å². The van der Waals surface area contributed by atoms with E-state index in [-0.39, 0.29) is 12.3 Å². The highest BCUT2D eigenvalue weighted by molar-refractivity contribution is 7.98. The first-order valence-electron chi connectivity index (χ1n) is 6.88. The molecule has 0 saturated heterocycles. The van der Waals surface area contributed by atoms with E-state index in [9.17, 15) is 9.59 Å². The zero-order valence-corrected chi connectivity index (χ0v) is 12.9. The number of aliphatic carboxylic acids is 1. The molecule has 0 radical (unpaired) electrons. The Kier molecular flexibility index (Phi) is 8.54. The lowest BCUT2D eigenvalue weighted by Crippen LogP contribution is -2.14. The summed E-state index contributed by atoms with van der Waals surface area (Å²) in [5.74, 6) is 0.466. The van der Waals surface area contributed by atoms with Crippen molar-refractivity contribution in [3.63, 3.8) is 0 Å². The molecule has 0 aliphatic carbocycles. The Hall–Kier alpha value is -1.53. The maximum Gasteiger partial charge on any atom is 0.304 e. The number of amides is 1. The number of carbonyl (C=O) groups is 2. The predicted octanol–water partition coefficient (Wildman–Crippen LogP) is 2.76. The van der Waals surface area contributed by atoms with E-state index < -0.39 is 5.97 Å². The average molecular weight is 311 g/mol. The highest BCUT2D eigenvalue weighted by Gasteiger charge is 2.03. The number of nitrogens with one attached hydrogen (secondary N) is 1. The smallest absolute Gasteiger partial charge is 0.304 e. The van der Waals surface area contributed by atoms with Crippen LogP contribution in [0.2, 0.25) is 0 Å². The molecule has 116 valence electrons. The third kappa shape index (κ3) is 8.37. The molecule has 0 saturated carbocycles. The summed E-state index contributed by atoms with van der Waals surface area (Å²) in [5.41, 5.74) is 1.82. The van der Waals surface area contributed by atoms with Crippen LogP contribution in [0.4, 0.5) is 5.69 Å². The summed E-state index contributed by atoms with van der Waals surface area (Å²) in [6.07, 6.45) is 0.504. The minimum absolute atomic E-state index is 0.0702. The van der Waals surface area contributed by atoms with Crippen LogP contribution in [0.15, 0.2) is 24.3 Å². The molecule has 0 spiro atoms. The second-order valence-electron chi connectivity index (χ2n) is 4.39. The van der Waals surface area contributed by atoms with Crippen LogP contribution in [-0.4, -0.2) is 35.9 Å². The van der Waals surface area contributed by atoms with Crippen molar-refractivity contribution in [3.05, 3.63) is 29.8 Å². The highest BCUT2D eigenvalue weighted by Crippen LogP contribution is 2.17. The van der Waals surface area contributed by atoms with Crippen LogP contribution in [0.5, 0.6) is 0 Å². The van der Waals surface area contributed by atoms with Gasteiger partial charge in [-0.1, -0.05) is 12.1 Å². The Morgan fingerprint density at radius 2 is 2.14 bits per heavy atom. The molecule has 0 bridgehead atoms. The van der Waals surface area contributed by atoms with Crippen LogP contribution in [0.25, 0.3) is 0 Å². The first kappa shape index (κ1) is 17.5. The van der Waals surface area contributed by atoms with Gasteiger partial charge in [0.2, 0.25) is 5.91 Å². The second kappa shape index (κ2) is 10.2. The van der Waals surface area contributed by atoms with Crippen molar-refractivity contribution in [2.45, 2.75) is 25.5 Å². The van der Waals surface area contributed by atoms with E-state index in [0.29, 0.717) is 25.4 Å². The zero-order valence-electron chi connectivity index (χ0n) is 12.1. The van der Waals surface area contributed by atoms with Crippen molar-refractivity contribution >= 4 is 29.3 Å². The largest absolute Gasteiger partial charge is 0.481 e. The van der Waals surface area contributed by atoms with Crippen LogP contribution >= 0.6 is 11.8 Å². The van der Waals surface area contributed by atoms with Gasteiger partial charge in [0.15, 0.2) is 0 Å². The van der Waals surface area contributed by atoms with Crippen LogP contribution in [0, 0.1) is 0 Å². The molecule has 1 aromatic carbocycles. The molecule has 1 amide bonds. The minimum Gasteiger partial charge on any atom is -0.481 e. The number of anilines is 1. The Morgan fingerprint density at radius 1 is 1.33 bits per heavy atom. The Morgan fingerprint density at radius 3 is 2.86 bits per heavy atom. The van der Waals surface area contributed by atoms with E-state index in [1.165, 1.54) is 0 Å². The molecule has 0 aromatic heterocycles. The molecule has 6 heteroatoms. The van der Waals surface area contributed by atoms with Gasteiger partial charge in [-0.05, 0) is 24.6 Å². The molecule has 5 nitrogen and oxygen atoms in total. The first-order chi connectivity index (χ1) is 10.1. The molecule has 0 fully saturated rings. The van der Waals surface area contributed by atoms with Gasteiger partial charge in [-0.2, -0.15) is 11.8 Å². The van der Waals surface area contributed by atoms with Crippen molar-refractivity contribution < 1.29 is 19.4 Å². The Balaban J connectivity index is 2.37. The monoisotopic (exact) mass is 311 g/mol. The average Bonchev–Trinajstić information content (AvgIpc) is 2.44. The molecule has 21 heavy (non-hydrogen) atoms. The lowest BCUT2D eigenvalue weighted by molar-refractivity contribution is -0.136. The molecule has 0 aliphatic rings. The van der Waals surface area contributed by atoms with Gasteiger partial charge in [0.05, 0.1) is 19.4 Å². The van der Waals surface area contributed by atoms with Crippen LogP contribution in [0.1, 0.15) is 25.3 Å². The quantitative estimate of drug-likeness (QED) is 0.650. The predicted molar refractivity (Wildman–Crippen MR) is 84.6 cm³/mol. The number of rotatable bonds is 10.